The van der Waals surface area contributed by atoms with E-state index in [1.165, 1.54) is 57.6 Å². The first-order chi connectivity index (χ1) is 14.8. The van der Waals surface area contributed by atoms with Crippen LogP contribution in [0.5, 0.6) is 0 Å². The van der Waals surface area contributed by atoms with Crippen LogP contribution < -0.4 is 0 Å². The van der Waals surface area contributed by atoms with Gasteiger partial charge in [-0.2, -0.15) is 0 Å². The Balaban J connectivity index is 1.78. The van der Waals surface area contributed by atoms with Crippen molar-refractivity contribution in [3.8, 4) is 11.1 Å². The van der Waals surface area contributed by atoms with Crippen LogP contribution in [0.4, 0.5) is 0 Å². The van der Waals surface area contributed by atoms with Gasteiger partial charge in [0, 0.05) is 0 Å². The topological polar surface area (TPSA) is 0 Å². The van der Waals surface area contributed by atoms with Crippen molar-refractivity contribution < 1.29 is 24.2 Å². The molecule has 1 heteroatoms. The van der Waals surface area contributed by atoms with Crippen molar-refractivity contribution in [2.45, 2.75) is 17.8 Å². The summed E-state index contributed by atoms with van der Waals surface area (Å²) >= 11 is 1.44. The first-order valence-electron chi connectivity index (χ1n) is 10.6. The van der Waals surface area contributed by atoms with E-state index in [1.807, 2.05) is 0 Å². The number of fused-ring (bicyclic) bond motifs is 3. The Bertz CT molecular complexity index is 1120. The minimum absolute atomic E-state index is 0.167. The van der Waals surface area contributed by atoms with Crippen molar-refractivity contribution >= 4 is 3.71 Å². The van der Waals surface area contributed by atoms with Gasteiger partial charge in [-0.3, -0.25) is 0 Å². The van der Waals surface area contributed by atoms with Gasteiger partial charge in [0.2, 0.25) is 0 Å². The van der Waals surface area contributed by atoms with Crippen LogP contribution in [0.3, 0.4) is 0 Å². The molecule has 0 heterocycles. The molecular formula is C29H24Zr. The van der Waals surface area contributed by atoms with E-state index in [-0.39, 0.29) is 17.3 Å². The standard InChI is InChI=1S/C29H24.Zr/c1-3-27(29(2,22-15-7-8-16-22)21-13-5-4-6-14-21)28-25-19-11-9-17-23(25)24-18-10-12-20-26(24)28;/h2-15,17-20,27-28H,1,16H2;. The van der Waals surface area contributed by atoms with E-state index in [0.29, 0.717) is 0 Å². The van der Waals surface area contributed by atoms with E-state index in [1.54, 1.807) is 0 Å². The van der Waals surface area contributed by atoms with E-state index in [0.717, 1.165) is 6.42 Å². The van der Waals surface area contributed by atoms with Crippen molar-refractivity contribution in [3.63, 3.8) is 0 Å². The van der Waals surface area contributed by atoms with Gasteiger partial charge in [0.1, 0.15) is 0 Å². The van der Waals surface area contributed by atoms with Gasteiger partial charge < -0.3 is 0 Å². The third-order valence-electron chi connectivity index (χ3n) is 6.80. The van der Waals surface area contributed by atoms with Gasteiger partial charge in [0.05, 0.1) is 0 Å². The maximum absolute atomic E-state index is 4.40. The Hall–Kier alpha value is -2.37. The SMILES string of the molecule is C=CC(C1c2ccccc2-c2ccccc21)C([CH]=[Zr])(C1=CC=CC1)c1ccccc1. The second-order valence-electron chi connectivity index (χ2n) is 8.12. The van der Waals surface area contributed by atoms with Crippen molar-refractivity contribution in [1.82, 2.24) is 0 Å². The zero-order valence-electron chi connectivity index (χ0n) is 17.0. The van der Waals surface area contributed by atoms with Crippen LogP contribution in [0.15, 0.2) is 115 Å². The molecule has 0 nitrogen and oxygen atoms in total. The van der Waals surface area contributed by atoms with Crippen LogP contribution in [0.1, 0.15) is 29.0 Å². The summed E-state index contributed by atoms with van der Waals surface area (Å²) in [6.07, 6.45) is 10.0. The van der Waals surface area contributed by atoms with Crippen LogP contribution in [0.25, 0.3) is 11.1 Å². The predicted octanol–water partition coefficient (Wildman–Crippen LogP) is 6.77. The Morgan fingerprint density at radius 3 is 2.00 bits per heavy atom. The van der Waals surface area contributed by atoms with Crippen molar-refractivity contribution in [2.75, 3.05) is 0 Å². The van der Waals surface area contributed by atoms with Gasteiger partial charge in [-0.15, -0.1) is 0 Å². The summed E-state index contributed by atoms with van der Waals surface area (Å²) in [7, 11) is 0. The van der Waals surface area contributed by atoms with Gasteiger partial charge in [-0.25, -0.2) is 0 Å². The van der Waals surface area contributed by atoms with Crippen molar-refractivity contribution in [2.24, 2.45) is 5.92 Å². The fourth-order valence-corrected chi connectivity index (χ4v) is 6.84. The molecule has 0 saturated heterocycles. The summed E-state index contributed by atoms with van der Waals surface area (Å²) < 4.78 is 2.50. The fourth-order valence-electron chi connectivity index (χ4n) is 5.50. The first-order valence-corrected chi connectivity index (χ1v) is 12.0. The fraction of sp³-hybridized carbons (Fsp3) is 0.138. The third kappa shape index (κ3) is 2.87. The van der Waals surface area contributed by atoms with Gasteiger partial charge in [-0.1, -0.05) is 0 Å². The molecule has 2 aliphatic rings. The second-order valence-corrected chi connectivity index (χ2v) is 8.83. The minimum atomic E-state index is -0.167. The molecule has 5 rings (SSSR count). The number of rotatable bonds is 6. The average molecular weight is 464 g/mol. The van der Waals surface area contributed by atoms with Crippen LogP contribution >= 0.6 is 0 Å². The molecule has 0 spiro atoms. The van der Waals surface area contributed by atoms with Gasteiger partial charge in [-0.05, 0) is 0 Å². The molecular weight excluding hydrogens is 440 g/mol. The molecule has 0 aromatic heterocycles. The molecule has 3 aromatic carbocycles. The molecule has 2 unspecified atom stereocenters. The van der Waals surface area contributed by atoms with Crippen LogP contribution in [0, 0.1) is 5.92 Å². The summed E-state index contributed by atoms with van der Waals surface area (Å²) in [4.78, 5) is 0. The molecule has 0 amide bonds. The zero-order valence-corrected chi connectivity index (χ0v) is 19.4. The number of hydrogen-bond acceptors (Lipinski definition) is 0. The summed E-state index contributed by atoms with van der Waals surface area (Å²) in [5.74, 6) is 0.517. The maximum atomic E-state index is 4.40. The van der Waals surface area contributed by atoms with E-state index in [9.17, 15) is 0 Å². The number of hydrogen-bond donors (Lipinski definition) is 0. The van der Waals surface area contributed by atoms with E-state index >= 15 is 0 Å². The monoisotopic (exact) mass is 462 g/mol. The molecule has 144 valence electrons. The quantitative estimate of drug-likeness (QED) is 0.354. The van der Waals surface area contributed by atoms with Gasteiger partial charge >= 0.3 is 195 Å². The molecule has 3 aromatic rings. The normalized spacial score (nSPS) is 17.5. The molecule has 0 saturated carbocycles. The summed E-state index contributed by atoms with van der Waals surface area (Å²) in [6, 6.07) is 28.9. The molecule has 0 fully saturated rings. The average Bonchev–Trinajstić information content (AvgIpc) is 3.46. The summed E-state index contributed by atoms with van der Waals surface area (Å²) in [6.45, 7) is 4.40. The Morgan fingerprint density at radius 1 is 0.867 bits per heavy atom. The van der Waals surface area contributed by atoms with E-state index < -0.39 is 0 Å². The van der Waals surface area contributed by atoms with Gasteiger partial charge in [0.25, 0.3) is 0 Å². The number of allylic oxidation sites excluding steroid dienone is 5. The van der Waals surface area contributed by atoms with Crippen LogP contribution in [-0.4, -0.2) is 3.71 Å². The number of benzene rings is 3. The van der Waals surface area contributed by atoms with Crippen LogP contribution in [-0.2, 0) is 29.7 Å². The summed E-state index contributed by atoms with van der Waals surface area (Å²) in [5, 5.41) is 0. The molecule has 0 bridgehead atoms. The van der Waals surface area contributed by atoms with Crippen molar-refractivity contribution in [3.05, 3.63) is 132 Å². The van der Waals surface area contributed by atoms with Gasteiger partial charge in [0.15, 0.2) is 0 Å². The van der Waals surface area contributed by atoms with E-state index in [2.05, 4.69) is 113 Å². The van der Waals surface area contributed by atoms with Crippen molar-refractivity contribution in [1.29, 1.82) is 0 Å². The second kappa shape index (κ2) is 8.05. The third-order valence-corrected chi connectivity index (χ3v) is 7.92. The predicted molar refractivity (Wildman–Crippen MR) is 123 cm³/mol. The first kappa shape index (κ1) is 19.6. The molecule has 0 aliphatic heterocycles. The molecule has 2 atom stereocenters. The molecule has 0 N–H and O–H groups in total. The van der Waals surface area contributed by atoms with Crippen LogP contribution in [0.2, 0.25) is 0 Å². The molecule has 0 radical (unpaired) electrons. The zero-order chi connectivity index (χ0) is 20.6. The Labute approximate surface area is 194 Å². The summed E-state index contributed by atoms with van der Waals surface area (Å²) in [5.41, 5.74) is 8.26. The Morgan fingerprint density at radius 2 is 1.47 bits per heavy atom. The Kier molecular flexibility index (Phi) is 5.25. The molecule has 30 heavy (non-hydrogen) atoms. The van der Waals surface area contributed by atoms with E-state index in [4.69, 9.17) is 0 Å². The molecule has 2 aliphatic carbocycles.